The normalized spacial score (nSPS) is 12.4. The summed E-state index contributed by atoms with van der Waals surface area (Å²) < 4.78 is 7.61. The van der Waals surface area contributed by atoms with Gasteiger partial charge in [0, 0.05) is 11.6 Å². The highest BCUT2D eigenvalue weighted by Gasteiger charge is 2.06. The molecule has 1 heterocycles. The summed E-state index contributed by atoms with van der Waals surface area (Å²) in [6.45, 7) is 6.02. The van der Waals surface area contributed by atoms with Crippen LogP contribution >= 0.6 is 11.6 Å². The number of benzene rings is 2. The first-order valence-electron chi connectivity index (χ1n) is 9.52. The summed E-state index contributed by atoms with van der Waals surface area (Å²) >= 11 is 5.91. The quantitative estimate of drug-likeness (QED) is 0.437. The maximum absolute atomic E-state index is 5.91. The fraction of sp³-hybridized carbons (Fsp3) is 0.286. The van der Waals surface area contributed by atoms with E-state index in [9.17, 15) is 0 Å². The average Bonchev–Trinajstić information content (AvgIpc) is 3.27. The van der Waals surface area contributed by atoms with E-state index in [1.54, 1.807) is 11.0 Å². The van der Waals surface area contributed by atoms with Crippen molar-refractivity contribution >= 4 is 17.6 Å². The summed E-state index contributed by atoms with van der Waals surface area (Å²) in [5.41, 5.74) is 2.07. The zero-order valence-electron chi connectivity index (χ0n) is 16.5. The molecule has 1 atom stereocenters. The molecule has 0 bridgehead atoms. The van der Waals surface area contributed by atoms with Crippen molar-refractivity contribution in [3.63, 3.8) is 0 Å². The van der Waals surface area contributed by atoms with Crippen LogP contribution in [0, 0.1) is 0 Å². The number of hydrogen-bond acceptors (Lipinski definition) is 4. The van der Waals surface area contributed by atoms with Gasteiger partial charge in [0.25, 0.3) is 0 Å². The molecule has 0 saturated carbocycles. The van der Waals surface area contributed by atoms with Crippen molar-refractivity contribution in [2.45, 2.75) is 26.5 Å². The van der Waals surface area contributed by atoms with Crippen LogP contribution in [0.4, 0.5) is 0 Å². The first kappa shape index (κ1) is 20.7. The highest BCUT2D eigenvalue weighted by atomic mass is 35.5. The van der Waals surface area contributed by atoms with Crippen molar-refractivity contribution in [3.8, 4) is 11.4 Å². The number of rotatable bonds is 8. The van der Waals surface area contributed by atoms with E-state index in [1.807, 2.05) is 62.4 Å². The van der Waals surface area contributed by atoms with Crippen molar-refractivity contribution in [1.29, 1.82) is 0 Å². The number of aromatic nitrogens is 3. The first-order chi connectivity index (χ1) is 14.1. The van der Waals surface area contributed by atoms with Gasteiger partial charge in [-0.2, -0.15) is 5.10 Å². The number of nitrogens with one attached hydrogen (secondary N) is 2. The molecule has 2 N–H and O–H groups in total. The number of aliphatic imine (C=N–C) groups is 1. The molecule has 1 aromatic heterocycles. The summed E-state index contributed by atoms with van der Waals surface area (Å²) in [6.07, 6.45) is 3.17. The summed E-state index contributed by atoms with van der Waals surface area (Å²) in [7, 11) is 0. The Labute approximate surface area is 175 Å². The van der Waals surface area contributed by atoms with Gasteiger partial charge in [-0.1, -0.05) is 23.7 Å². The Bertz CT molecular complexity index is 894. The van der Waals surface area contributed by atoms with Crippen LogP contribution in [-0.2, 0) is 6.54 Å². The third kappa shape index (κ3) is 6.50. The SMILES string of the molecule is CCNC(=NCc1ccc(-n2cncn2)cc1)NCC(C)Oc1ccc(Cl)cc1. The summed E-state index contributed by atoms with van der Waals surface area (Å²) in [6, 6.07) is 15.4. The van der Waals surface area contributed by atoms with Crippen LogP contribution in [0.2, 0.25) is 5.02 Å². The van der Waals surface area contributed by atoms with Gasteiger partial charge in [0.2, 0.25) is 0 Å². The minimum absolute atomic E-state index is 0.0259. The third-order valence-electron chi connectivity index (χ3n) is 4.09. The van der Waals surface area contributed by atoms with E-state index >= 15 is 0 Å². The number of nitrogens with zero attached hydrogens (tertiary/aromatic N) is 4. The van der Waals surface area contributed by atoms with Crippen LogP contribution < -0.4 is 15.4 Å². The Kier molecular flexibility index (Phi) is 7.47. The topological polar surface area (TPSA) is 76.4 Å². The van der Waals surface area contributed by atoms with Crippen molar-refractivity contribution in [2.75, 3.05) is 13.1 Å². The van der Waals surface area contributed by atoms with Crippen LogP contribution in [0.5, 0.6) is 5.75 Å². The van der Waals surface area contributed by atoms with Crippen LogP contribution in [0.25, 0.3) is 5.69 Å². The molecule has 0 fully saturated rings. The molecule has 0 saturated heterocycles. The summed E-state index contributed by atoms with van der Waals surface area (Å²) in [5.74, 6) is 1.54. The van der Waals surface area contributed by atoms with Gasteiger partial charge in [-0.15, -0.1) is 0 Å². The van der Waals surface area contributed by atoms with Gasteiger partial charge in [-0.05, 0) is 55.8 Å². The van der Waals surface area contributed by atoms with Crippen molar-refractivity contribution in [3.05, 3.63) is 71.8 Å². The largest absolute Gasteiger partial charge is 0.489 e. The Morgan fingerprint density at radius 2 is 1.90 bits per heavy atom. The molecular formula is C21H25ClN6O. The smallest absolute Gasteiger partial charge is 0.191 e. The van der Waals surface area contributed by atoms with Crippen molar-refractivity contribution in [2.24, 2.45) is 4.99 Å². The van der Waals surface area contributed by atoms with E-state index in [0.717, 1.165) is 29.5 Å². The zero-order valence-corrected chi connectivity index (χ0v) is 17.3. The second-order valence-corrected chi connectivity index (χ2v) is 6.90. The number of halogens is 1. The zero-order chi connectivity index (χ0) is 20.5. The lowest BCUT2D eigenvalue weighted by molar-refractivity contribution is 0.224. The maximum Gasteiger partial charge on any atom is 0.191 e. The molecule has 0 aliphatic carbocycles. The predicted molar refractivity (Wildman–Crippen MR) is 116 cm³/mol. The standard InChI is InChI=1S/C21H25ClN6O/c1-3-24-21(25-12-16(2)29-20-10-6-18(22)7-11-20)26-13-17-4-8-19(9-5-17)28-15-23-14-27-28/h4-11,14-16H,3,12-13H2,1-2H3,(H2,24,25,26). The average molecular weight is 413 g/mol. The fourth-order valence-corrected chi connectivity index (χ4v) is 2.76. The summed E-state index contributed by atoms with van der Waals surface area (Å²) in [5, 5.41) is 11.4. The molecule has 152 valence electrons. The lowest BCUT2D eigenvalue weighted by Crippen LogP contribution is -2.41. The maximum atomic E-state index is 5.91. The van der Waals surface area contributed by atoms with E-state index < -0.39 is 0 Å². The predicted octanol–water partition coefficient (Wildman–Crippen LogP) is 3.44. The van der Waals surface area contributed by atoms with Gasteiger partial charge in [-0.3, -0.25) is 0 Å². The molecule has 0 radical (unpaired) electrons. The summed E-state index contributed by atoms with van der Waals surface area (Å²) in [4.78, 5) is 8.62. The van der Waals surface area contributed by atoms with Gasteiger partial charge in [0.05, 0.1) is 18.8 Å². The molecule has 0 aliphatic heterocycles. The molecule has 0 spiro atoms. The molecule has 2 aromatic carbocycles. The van der Waals surface area contributed by atoms with E-state index in [1.165, 1.54) is 6.33 Å². The molecule has 1 unspecified atom stereocenters. The number of ether oxygens (including phenoxy) is 1. The van der Waals surface area contributed by atoms with Gasteiger partial charge in [0.15, 0.2) is 5.96 Å². The lowest BCUT2D eigenvalue weighted by atomic mass is 10.2. The molecule has 7 nitrogen and oxygen atoms in total. The van der Waals surface area contributed by atoms with Crippen molar-refractivity contribution < 1.29 is 4.74 Å². The molecule has 8 heteroatoms. The third-order valence-corrected chi connectivity index (χ3v) is 4.34. The Hall–Kier alpha value is -3.06. The van der Waals surface area contributed by atoms with Crippen LogP contribution in [-0.4, -0.2) is 39.9 Å². The van der Waals surface area contributed by atoms with Crippen molar-refractivity contribution in [1.82, 2.24) is 25.4 Å². The minimum atomic E-state index is -0.0259. The van der Waals surface area contributed by atoms with E-state index in [0.29, 0.717) is 18.1 Å². The van der Waals surface area contributed by atoms with Gasteiger partial charge < -0.3 is 15.4 Å². The van der Waals surface area contributed by atoms with E-state index in [2.05, 4.69) is 25.7 Å². The minimum Gasteiger partial charge on any atom is -0.489 e. The van der Waals surface area contributed by atoms with Crippen LogP contribution in [0.3, 0.4) is 0 Å². The molecule has 0 aliphatic rings. The fourth-order valence-electron chi connectivity index (χ4n) is 2.64. The van der Waals surface area contributed by atoms with Gasteiger partial charge >= 0.3 is 0 Å². The van der Waals surface area contributed by atoms with Gasteiger partial charge in [-0.25, -0.2) is 14.7 Å². The van der Waals surface area contributed by atoms with Crippen LogP contribution in [0.15, 0.2) is 66.2 Å². The molecular weight excluding hydrogens is 388 g/mol. The molecule has 29 heavy (non-hydrogen) atoms. The van der Waals surface area contributed by atoms with E-state index in [-0.39, 0.29) is 6.10 Å². The number of hydrogen-bond donors (Lipinski definition) is 2. The van der Waals surface area contributed by atoms with E-state index in [4.69, 9.17) is 16.3 Å². The molecule has 3 rings (SSSR count). The second-order valence-electron chi connectivity index (χ2n) is 6.46. The highest BCUT2D eigenvalue weighted by molar-refractivity contribution is 6.30. The Morgan fingerprint density at radius 1 is 1.14 bits per heavy atom. The molecule has 3 aromatic rings. The Morgan fingerprint density at radius 3 is 2.55 bits per heavy atom. The number of guanidine groups is 1. The second kappa shape index (κ2) is 10.5. The first-order valence-corrected chi connectivity index (χ1v) is 9.90. The molecule has 0 amide bonds. The lowest BCUT2D eigenvalue weighted by Gasteiger charge is -2.17. The van der Waals surface area contributed by atoms with Crippen LogP contribution in [0.1, 0.15) is 19.4 Å². The Balaban J connectivity index is 1.53. The highest BCUT2D eigenvalue weighted by Crippen LogP contribution is 2.16. The monoisotopic (exact) mass is 412 g/mol. The van der Waals surface area contributed by atoms with Gasteiger partial charge in [0.1, 0.15) is 24.5 Å².